The highest BCUT2D eigenvalue weighted by molar-refractivity contribution is 5.91. The topological polar surface area (TPSA) is 67.3 Å². The van der Waals surface area contributed by atoms with E-state index in [9.17, 15) is 4.79 Å². The van der Waals surface area contributed by atoms with E-state index in [4.69, 9.17) is 4.74 Å². The third-order valence-electron chi connectivity index (χ3n) is 5.64. The lowest BCUT2D eigenvalue weighted by Gasteiger charge is -2.21. The molecule has 0 saturated carbocycles. The number of pyridine rings is 2. The van der Waals surface area contributed by atoms with Crippen molar-refractivity contribution in [3.05, 3.63) is 89.9 Å². The Morgan fingerprint density at radius 1 is 0.970 bits per heavy atom. The summed E-state index contributed by atoms with van der Waals surface area (Å²) in [6.45, 7) is 3.08. The normalized spacial score (nSPS) is 14.1. The number of ether oxygens (including phenoxy) is 1. The summed E-state index contributed by atoms with van der Waals surface area (Å²) in [6.07, 6.45) is 13.8. The van der Waals surface area contributed by atoms with Crippen molar-refractivity contribution >= 4 is 17.8 Å². The van der Waals surface area contributed by atoms with Crippen molar-refractivity contribution in [2.75, 3.05) is 18.0 Å². The van der Waals surface area contributed by atoms with Gasteiger partial charge in [-0.15, -0.1) is 0 Å². The van der Waals surface area contributed by atoms with Crippen molar-refractivity contribution in [3.8, 4) is 5.75 Å². The number of carbonyl (C=O) groups excluding carboxylic acids is 1. The van der Waals surface area contributed by atoms with Crippen molar-refractivity contribution in [1.29, 1.82) is 0 Å². The number of benzene rings is 1. The first-order chi connectivity index (χ1) is 16.3. The molecule has 3 aromatic rings. The Hall–Kier alpha value is -3.67. The highest BCUT2D eigenvalue weighted by Crippen LogP contribution is 2.18. The summed E-state index contributed by atoms with van der Waals surface area (Å²) in [6, 6.07) is 15.6. The maximum absolute atomic E-state index is 12.2. The van der Waals surface area contributed by atoms with E-state index in [1.807, 2.05) is 48.7 Å². The van der Waals surface area contributed by atoms with E-state index in [1.54, 1.807) is 24.5 Å². The van der Waals surface area contributed by atoms with E-state index in [1.165, 1.54) is 25.7 Å². The Balaban J connectivity index is 1.21. The molecule has 1 aliphatic rings. The summed E-state index contributed by atoms with van der Waals surface area (Å²) < 4.78 is 5.76. The van der Waals surface area contributed by atoms with Gasteiger partial charge in [0, 0.05) is 49.9 Å². The fraction of sp³-hybridized carbons (Fsp3) is 0.296. The van der Waals surface area contributed by atoms with Crippen LogP contribution in [-0.2, 0) is 17.9 Å². The molecule has 3 heterocycles. The van der Waals surface area contributed by atoms with Gasteiger partial charge in [-0.25, -0.2) is 4.98 Å². The smallest absolute Gasteiger partial charge is 0.244 e. The number of hydrogen-bond donors (Lipinski definition) is 1. The molecule has 0 spiro atoms. The molecule has 1 aromatic carbocycles. The summed E-state index contributed by atoms with van der Waals surface area (Å²) >= 11 is 0. The second-order valence-corrected chi connectivity index (χ2v) is 8.20. The molecule has 1 aliphatic heterocycles. The average molecular weight is 443 g/mol. The number of rotatable bonds is 8. The molecule has 0 aliphatic carbocycles. The maximum atomic E-state index is 12.2. The van der Waals surface area contributed by atoms with E-state index >= 15 is 0 Å². The lowest BCUT2D eigenvalue weighted by molar-refractivity contribution is -0.116. The Morgan fingerprint density at radius 2 is 1.79 bits per heavy atom. The van der Waals surface area contributed by atoms with E-state index in [0.717, 1.165) is 41.3 Å². The largest absolute Gasteiger partial charge is 0.489 e. The van der Waals surface area contributed by atoms with Crippen LogP contribution in [0.3, 0.4) is 0 Å². The predicted octanol–water partition coefficient (Wildman–Crippen LogP) is 4.77. The highest BCUT2D eigenvalue weighted by atomic mass is 16.5. The van der Waals surface area contributed by atoms with Crippen LogP contribution < -0.4 is 15.0 Å². The molecule has 0 bridgehead atoms. The standard InChI is InChI=1S/C27H30N4O2/c32-27(30-20-23-9-13-26(29-19-23)31-16-3-1-2-4-17-31)14-10-22-7-11-25(12-8-22)33-21-24-6-5-15-28-18-24/h5-15,18-19H,1-4,16-17,20-21H2,(H,30,32)/b14-10+. The monoisotopic (exact) mass is 442 g/mol. The van der Waals surface area contributed by atoms with Gasteiger partial charge in [0.2, 0.25) is 5.91 Å². The first-order valence-electron chi connectivity index (χ1n) is 11.5. The van der Waals surface area contributed by atoms with Crippen LogP contribution >= 0.6 is 0 Å². The summed E-state index contributed by atoms with van der Waals surface area (Å²) in [5.74, 6) is 1.67. The van der Waals surface area contributed by atoms with Gasteiger partial charge in [0.15, 0.2) is 0 Å². The molecule has 1 fully saturated rings. The zero-order valence-corrected chi connectivity index (χ0v) is 18.8. The molecule has 6 nitrogen and oxygen atoms in total. The third-order valence-corrected chi connectivity index (χ3v) is 5.64. The average Bonchev–Trinajstić information content (AvgIpc) is 3.16. The van der Waals surface area contributed by atoms with Crippen LogP contribution in [0.1, 0.15) is 42.4 Å². The first-order valence-corrected chi connectivity index (χ1v) is 11.5. The minimum absolute atomic E-state index is 0.136. The Bertz CT molecular complexity index is 1030. The summed E-state index contributed by atoms with van der Waals surface area (Å²) in [4.78, 5) is 23.2. The van der Waals surface area contributed by atoms with Crippen molar-refractivity contribution < 1.29 is 9.53 Å². The van der Waals surface area contributed by atoms with Crippen molar-refractivity contribution in [1.82, 2.24) is 15.3 Å². The highest BCUT2D eigenvalue weighted by Gasteiger charge is 2.10. The fourth-order valence-electron chi connectivity index (χ4n) is 3.75. The number of carbonyl (C=O) groups is 1. The molecule has 0 unspecified atom stereocenters. The SMILES string of the molecule is O=C(/C=C/c1ccc(OCc2cccnc2)cc1)NCc1ccc(N2CCCCCC2)nc1. The van der Waals surface area contributed by atoms with Gasteiger partial charge in [-0.05, 0) is 54.3 Å². The minimum atomic E-state index is -0.136. The maximum Gasteiger partial charge on any atom is 0.244 e. The molecule has 1 amide bonds. The summed E-state index contributed by atoms with van der Waals surface area (Å²) in [5, 5.41) is 2.92. The molecule has 0 atom stereocenters. The van der Waals surface area contributed by atoms with Crippen LogP contribution in [0.4, 0.5) is 5.82 Å². The predicted molar refractivity (Wildman–Crippen MR) is 131 cm³/mol. The minimum Gasteiger partial charge on any atom is -0.489 e. The zero-order valence-electron chi connectivity index (χ0n) is 18.8. The molecule has 4 rings (SSSR count). The Kier molecular flexibility index (Phi) is 8.06. The molecule has 2 aromatic heterocycles. The van der Waals surface area contributed by atoms with Gasteiger partial charge in [0.25, 0.3) is 0 Å². The fourth-order valence-corrected chi connectivity index (χ4v) is 3.75. The number of aromatic nitrogens is 2. The van der Waals surface area contributed by atoms with Crippen LogP contribution in [0.2, 0.25) is 0 Å². The summed E-state index contributed by atoms with van der Waals surface area (Å²) in [5.41, 5.74) is 2.94. The van der Waals surface area contributed by atoms with Gasteiger partial charge in [0.05, 0.1) is 0 Å². The third kappa shape index (κ3) is 7.17. The van der Waals surface area contributed by atoms with Gasteiger partial charge in [-0.3, -0.25) is 9.78 Å². The van der Waals surface area contributed by atoms with Gasteiger partial charge < -0.3 is 15.0 Å². The van der Waals surface area contributed by atoms with Gasteiger partial charge in [-0.2, -0.15) is 0 Å². The number of amides is 1. The van der Waals surface area contributed by atoms with Crippen LogP contribution in [0, 0.1) is 0 Å². The number of hydrogen-bond acceptors (Lipinski definition) is 5. The number of anilines is 1. The molecular formula is C27H30N4O2. The zero-order chi connectivity index (χ0) is 22.7. The van der Waals surface area contributed by atoms with Gasteiger partial charge >= 0.3 is 0 Å². The lowest BCUT2D eigenvalue weighted by atomic mass is 10.2. The molecule has 1 saturated heterocycles. The summed E-state index contributed by atoms with van der Waals surface area (Å²) in [7, 11) is 0. The molecule has 6 heteroatoms. The molecule has 170 valence electrons. The van der Waals surface area contributed by atoms with Crippen LogP contribution in [0.15, 0.2) is 73.2 Å². The van der Waals surface area contributed by atoms with Crippen molar-refractivity contribution in [3.63, 3.8) is 0 Å². The molecule has 1 N–H and O–H groups in total. The van der Waals surface area contributed by atoms with E-state index in [2.05, 4.69) is 26.3 Å². The van der Waals surface area contributed by atoms with E-state index < -0.39 is 0 Å². The molecule has 33 heavy (non-hydrogen) atoms. The molecule has 0 radical (unpaired) electrons. The quantitative estimate of drug-likeness (QED) is 0.509. The van der Waals surface area contributed by atoms with E-state index in [-0.39, 0.29) is 5.91 Å². The number of nitrogens with one attached hydrogen (secondary N) is 1. The van der Waals surface area contributed by atoms with Crippen molar-refractivity contribution in [2.45, 2.75) is 38.8 Å². The van der Waals surface area contributed by atoms with Gasteiger partial charge in [-0.1, -0.05) is 37.1 Å². The van der Waals surface area contributed by atoms with Gasteiger partial charge in [0.1, 0.15) is 18.2 Å². The first kappa shape index (κ1) is 22.5. The Labute approximate surface area is 195 Å². The second-order valence-electron chi connectivity index (χ2n) is 8.20. The second kappa shape index (κ2) is 11.8. The number of nitrogens with zero attached hydrogens (tertiary/aromatic N) is 3. The van der Waals surface area contributed by atoms with Crippen molar-refractivity contribution in [2.24, 2.45) is 0 Å². The van der Waals surface area contributed by atoms with Crippen LogP contribution in [0.25, 0.3) is 6.08 Å². The van der Waals surface area contributed by atoms with Crippen LogP contribution in [-0.4, -0.2) is 29.0 Å². The van der Waals surface area contributed by atoms with Crippen LogP contribution in [0.5, 0.6) is 5.75 Å². The van der Waals surface area contributed by atoms with E-state index in [0.29, 0.717) is 13.2 Å². The molecular weight excluding hydrogens is 412 g/mol. The lowest BCUT2D eigenvalue weighted by Crippen LogP contribution is -2.25. The Morgan fingerprint density at radius 3 is 2.48 bits per heavy atom.